The third-order valence-electron chi connectivity index (χ3n) is 15.9. The fourth-order valence-corrected chi connectivity index (χ4v) is 12.6. The molecule has 0 bridgehead atoms. The predicted octanol–water partition coefficient (Wildman–Crippen LogP) is 12.4. The molecule has 0 aromatic heterocycles. The molecule has 1 heterocycles. The van der Waals surface area contributed by atoms with Gasteiger partial charge in [0.1, 0.15) is 34.6 Å². The van der Waals surface area contributed by atoms with Crippen LogP contribution in [0.5, 0.6) is 23.0 Å². The first kappa shape index (κ1) is 71.7. The van der Waals surface area contributed by atoms with E-state index in [0.29, 0.717) is 108 Å². The summed E-state index contributed by atoms with van der Waals surface area (Å²) in [6.45, 7) is 24.1. The molecule has 2 fully saturated rings. The van der Waals surface area contributed by atoms with E-state index in [0.717, 1.165) is 46.8 Å². The first-order valence-electron chi connectivity index (χ1n) is 30.4. The van der Waals surface area contributed by atoms with Gasteiger partial charge in [0.2, 0.25) is 0 Å². The summed E-state index contributed by atoms with van der Waals surface area (Å²) in [4.78, 5) is 131. The predicted molar refractivity (Wildman–Crippen MR) is 335 cm³/mol. The van der Waals surface area contributed by atoms with Crippen molar-refractivity contribution in [3.63, 3.8) is 0 Å². The number of benzene rings is 3. The highest BCUT2D eigenvalue weighted by Gasteiger charge is 2.38. The maximum atomic E-state index is 13.8. The van der Waals surface area contributed by atoms with Gasteiger partial charge in [-0.15, -0.1) is 0 Å². The van der Waals surface area contributed by atoms with Crippen molar-refractivity contribution in [2.45, 2.75) is 160 Å². The Morgan fingerprint density at radius 1 is 0.560 bits per heavy atom. The summed E-state index contributed by atoms with van der Waals surface area (Å²) in [5.41, 5.74) is 1.15. The number of thioether (sulfide) groups is 2. The van der Waals surface area contributed by atoms with E-state index in [1.807, 2.05) is 33.8 Å². The second-order valence-corrected chi connectivity index (χ2v) is 26.6. The Hall–Kier alpha value is -8.34. The van der Waals surface area contributed by atoms with E-state index in [1.54, 1.807) is 61.5 Å². The van der Waals surface area contributed by atoms with E-state index in [-0.39, 0.29) is 93.7 Å². The molecule has 91 heavy (non-hydrogen) atoms. The topological polar surface area (TPSA) is 273 Å². The second-order valence-electron chi connectivity index (χ2n) is 24.3. The molecule has 2 aliphatic carbocycles. The minimum Gasteiger partial charge on any atom is -0.465 e. The number of fused-ring (bicyclic) bond motifs is 1. The number of esters is 8. The van der Waals surface area contributed by atoms with Crippen molar-refractivity contribution in [3.8, 4) is 29.1 Å². The van der Waals surface area contributed by atoms with E-state index < -0.39 is 82.3 Å². The molecule has 0 saturated heterocycles. The van der Waals surface area contributed by atoms with Crippen LogP contribution in [-0.4, -0.2) is 85.7 Å². The van der Waals surface area contributed by atoms with Crippen LogP contribution >= 0.6 is 23.5 Å². The van der Waals surface area contributed by atoms with Gasteiger partial charge < -0.3 is 37.9 Å². The Labute approximate surface area is 539 Å². The molecule has 20 nitrogen and oxygen atoms in total. The van der Waals surface area contributed by atoms with E-state index in [4.69, 9.17) is 44.5 Å². The Balaban J connectivity index is 0.906. The summed E-state index contributed by atoms with van der Waals surface area (Å²) in [6.07, 6.45) is 7.30. The van der Waals surface area contributed by atoms with Gasteiger partial charge in [-0.25, -0.2) is 19.7 Å². The number of rotatable bonds is 32. The molecule has 0 N–H and O–H groups in total. The molecule has 0 spiro atoms. The third kappa shape index (κ3) is 23.1. The van der Waals surface area contributed by atoms with Crippen molar-refractivity contribution in [2.24, 2.45) is 34.5 Å². The molecule has 0 atom stereocenters. The second kappa shape index (κ2) is 34.7. The molecule has 1 aliphatic heterocycles. The fourth-order valence-electron chi connectivity index (χ4n) is 10.1. The minimum atomic E-state index is -0.543. The maximum Gasteiger partial charge on any atom is 0.330 e. The van der Waals surface area contributed by atoms with Crippen LogP contribution in [0.4, 0.5) is 0 Å². The largest absolute Gasteiger partial charge is 0.465 e. The number of hydrogen-bond acceptors (Lipinski definition) is 21. The quantitative estimate of drug-likeness (QED) is 0.0140. The van der Waals surface area contributed by atoms with Crippen molar-refractivity contribution in [2.75, 3.05) is 26.4 Å². The van der Waals surface area contributed by atoms with Crippen molar-refractivity contribution >= 4 is 82.8 Å². The Kier molecular flexibility index (Phi) is 27.4. The normalized spacial score (nSPS) is 17.4. The van der Waals surface area contributed by atoms with Gasteiger partial charge in [0.25, 0.3) is 5.70 Å². The summed E-state index contributed by atoms with van der Waals surface area (Å²) >= 11 is 2.15. The van der Waals surface area contributed by atoms with E-state index in [2.05, 4.69) is 18.0 Å². The van der Waals surface area contributed by atoms with Gasteiger partial charge in [0.15, 0.2) is 0 Å². The zero-order chi connectivity index (χ0) is 66.3. The summed E-state index contributed by atoms with van der Waals surface area (Å²) in [5.74, 6) is -5.06. The van der Waals surface area contributed by atoms with E-state index in [9.17, 15) is 53.2 Å². The van der Waals surface area contributed by atoms with Crippen molar-refractivity contribution in [1.29, 1.82) is 5.26 Å². The van der Waals surface area contributed by atoms with E-state index in [1.165, 1.54) is 0 Å². The molecule has 3 aromatic carbocycles. The average molecular weight is 1290 g/mol. The number of ether oxygens (including phenoxy) is 8. The van der Waals surface area contributed by atoms with Gasteiger partial charge in [-0.05, 0) is 129 Å². The van der Waals surface area contributed by atoms with Crippen LogP contribution in [0.15, 0.2) is 99.6 Å². The van der Waals surface area contributed by atoms with Gasteiger partial charge >= 0.3 is 47.8 Å². The van der Waals surface area contributed by atoms with Gasteiger partial charge in [0.05, 0.1) is 89.6 Å². The standard InChI is InChI=1S/C69H78N2O18S2/c1-9-56(74)84-41-68(4,5)35-31-50(72)23-29-58(76)82-37-33-44-11-25-52(26-12-44)86-63(78)46-15-19-48(20-16-46)65(80)88-55-39-43(3)60(62-61(55)90-67(91-62)54(40-70)71-8)89-66(81)49-21-17-47(18-22-49)64(79)87-53-27-13-45(14-28-53)34-38-83-59(77)30-24-51(73)32-36-69(6,7)42-85-57(75)10-2/h9-14,25-28,39,46-49H,1-2,15-24,29-38,41-42H2,3-7H3/b67-54+. The SMILES string of the molecule is [C-]#[N+]/C(C#N)=C1\Sc2c(OC(=O)C3CCC(C(=O)Oc4ccc(CCOC(=O)CCC(=O)CCC(C)(C)COC(=O)C=C)cc4)CC3)cc(C)c(OC(=O)C3CCC(C(=O)Oc4ccc(CCOC(=O)CCC(=O)CCC(C)(C)COC(=O)C=C)cc4)CC3)c2S1. The van der Waals surface area contributed by atoms with Crippen LogP contribution in [0.1, 0.15) is 147 Å². The highest BCUT2D eigenvalue weighted by atomic mass is 32.2. The van der Waals surface area contributed by atoms with Gasteiger partial charge in [-0.3, -0.25) is 38.4 Å². The molecule has 0 amide bonds. The lowest BCUT2D eigenvalue weighted by Gasteiger charge is -2.27. The molecule has 484 valence electrons. The van der Waals surface area contributed by atoms with Gasteiger partial charge in [0, 0.05) is 50.7 Å². The number of carbonyl (C=O) groups is 10. The molecule has 22 heteroatoms. The number of aryl methyl sites for hydroxylation is 1. The lowest BCUT2D eigenvalue weighted by Crippen LogP contribution is -2.31. The maximum absolute atomic E-state index is 13.8. The summed E-state index contributed by atoms with van der Waals surface area (Å²) in [7, 11) is 0. The number of nitrogens with zero attached hydrogens (tertiary/aromatic N) is 2. The van der Waals surface area contributed by atoms with Crippen LogP contribution < -0.4 is 18.9 Å². The highest BCUT2D eigenvalue weighted by molar-refractivity contribution is 8.24. The number of ketones is 2. The number of hydrogen-bond donors (Lipinski definition) is 0. The van der Waals surface area contributed by atoms with Crippen LogP contribution in [-0.2, 0) is 79.7 Å². The molecule has 2 saturated carbocycles. The van der Waals surface area contributed by atoms with Crippen LogP contribution in [0.2, 0.25) is 0 Å². The average Bonchev–Trinajstić information content (AvgIpc) is 1.72. The van der Waals surface area contributed by atoms with Crippen molar-refractivity contribution in [3.05, 3.63) is 118 Å². The number of nitriles is 1. The van der Waals surface area contributed by atoms with Crippen LogP contribution in [0.3, 0.4) is 0 Å². The Bertz CT molecular complexity index is 3300. The summed E-state index contributed by atoms with van der Waals surface area (Å²) in [5, 5.41) is 9.79. The lowest BCUT2D eigenvalue weighted by atomic mass is 9.82. The minimum absolute atomic E-state index is 0.0446. The first-order chi connectivity index (χ1) is 43.4. The third-order valence-corrected chi connectivity index (χ3v) is 18.4. The first-order valence-corrected chi connectivity index (χ1v) is 32.0. The molecular formula is C69H78N2O18S2. The monoisotopic (exact) mass is 1290 g/mol. The van der Waals surface area contributed by atoms with Crippen molar-refractivity contribution < 1.29 is 85.8 Å². The number of allylic oxidation sites excluding steroid dienone is 1. The Morgan fingerprint density at radius 2 is 0.945 bits per heavy atom. The molecular weight excluding hydrogens is 1210 g/mol. The molecule has 3 aromatic rings. The number of Topliss-reactive ketones (excluding diaryl/α,β-unsaturated/α-hetero) is 2. The lowest BCUT2D eigenvalue weighted by molar-refractivity contribution is -0.145. The Morgan fingerprint density at radius 3 is 1.33 bits per heavy atom. The highest BCUT2D eigenvalue weighted by Crippen LogP contribution is 2.60. The van der Waals surface area contributed by atoms with Crippen LogP contribution in [0.25, 0.3) is 4.85 Å². The zero-order valence-electron chi connectivity index (χ0n) is 52.2. The summed E-state index contributed by atoms with van der Waals surface area (Å²) in [6, 6.07) is 17.2. The van der Waals surface area contributed by atoms with Crippen molar-refractivity contribution in [1.82, 2.24) is 0 Å². The zero-order valence-corrected chi connectivity index (χ0v) is 53.8. The van der Waals surface area contributed by atoms with Gasteiger partial charge in [-0.1, -0.05) is 88.6 Å². The smallest absolute Gasteiger partial charge is 0.330 e. The molecule has 0 unspecified atom stereocenters. The van der Waals surface area contributed by atoms with Gasteiger partial charge in [-0.2, -0.15) is 0 Å². The molecule has 0 radical (unpaired) electrons. The fraction of sp³-hybridized carbons (Fsp3) is 0.478. The number of carbonyl (C=O) groups excluding carboxylic acids is 10. The summed E-state index contributed by atoms with van der Waals surface area (Å²) < 4.78 is 44.8. The van der Waals surface area contributed by atoms with E-state index >= 15 is 0 Å². The van der Waals surface area contributed by atoms with Crippen LogP contribution in [0, 0.1) is 59.3 Å². The molecule has 6 rings (SSSR count). The molecule has 3 aliphatic rings.